The lowest BCUT2D eigenvalue weighted by Crippen LogP contribution is -2.37. The fourth-order valence-corrected chi connectivity index (χ4v) is 3.97. The van der Waals surface area contributed by atoms with Gasteiger partial charge in [-0.1, -0.05) is 12.8 Å². The van der Waals surface area contributed by atoms with Gasteiger partial charge in [-0.2, -0.15) is 0 Å². The molecule has 0 spiro atoms. The lowest BCUT2D eigenvalue weighted by Gasteiger charge is -2.28. The molecular formula is C19H25N5O2. The normalized spacial score (nSPS) is 17.7. The second-order valence-electron chi connectivity index (χ2n) is 7.11. The fourth-order valence-electron chi connectivity index (χ4n) is 3.97. The topological polar surface area (TPSA) is 87.6 Å². The Bertz CT molecular complexity index is 808. The molecule has 3 heterocycles. The van der Waals surface area contributed by atoms with Gasteiger partial charge in [0.1, 0.15) is 5.82 Å². The van der Waals surface area contributed by atoms with Crippen molar-refractivity contribution in [3.05, 3.63) is 30.1 Å². The molecule has 0 aliphatic carbocycles. The van der Waals surface area contributed by atoms with Crippen LogP contribution in [0, 0.1) is 0 Å². The molecule has 7 heteroatoms. The van der Waals surface area contributed by atoms with Crippen molar-refractivity contribution in [1.29, 1.82) is 0 Å². The third-order valence-electron chi connectivity index (χ3n) is 5.36. The molecule has 26 heavy (non-hydrogen) atoms. The average molecular weight is 355 g/mol. The molecule has 3 N–H and O–H groups in total. The molecule has 0 saturated carbocycles. The quantitative estimate of drug-likeness (QED) is 0.809. The Morgan fingerprint density at radius 3 is 2.58 bits per heavy atom. The van der Waals surface area contributed by atoms with Crippen LogP contribution < -0.4 is 10.6 Å². The summed E-state index contributed by atoms with van der Waals surface area (Å²) in [5.74, 6) is 0.907. The third-order valence-corrected chi connectivity index (χ3v) is 5.36. The molecule has 1 fully saturated rings. The molecular weight excluding hydrogens is 330 g/mol. The maximum atomic E-state index is 11.2. The number of hydrogen-bond acceptors (Lipinski definition) is 4. The summed E-state index contributed by atoms with van der Waals surface area (Å²) in [6, 6.07) is 6.02. The number of nitrogens with zero attached hydrogens (tertiary/aromatic N) is 4. The number of amides is 1. The van der Waals surface area contributed by atoms with E-state index in [1.807, 2.05) is 6.07 Å². The third kappa shape index (κ3) is 3.09. The molecule has 2 aliphatic heterocycles. The van der Waals surface area contributed by atoms with Gasteiger partial charge in [-0.3, -0.25) is 0 Å². The molecule has 1 aromatic carbocycles. The van der Waals surface area contributed by atoms with Crippen molar-refractivity contribution in [3.8, 4) is 11.4 Å². The van der Waals surface area contributed by atoms with Gasteiger partial charge in [0.05, 0.1) is 18.4 Å². The van der Waals surface area contributed by atoms with Gasteiger partial charge in [-0.15, -0.1) is 0 Å². The SMILES string of the molecule is Nc1ccc(-c2ncc3n2CCN(C(=O)O)C3)c(N2CCCCCC2)c1. The number of carboxylic acid groups (broad SMARTS) is 1. The molecule has 0 atom stereocenters. The predicted molar refractivity (Wildman–Crippen MR) is 101 cm³/mol. The average Bonchev–Trinajstić information content (AvgIpc) is 2.86. The Morgan fingerprint density at radius 1 is 1.08 bits per heavy atom. The number of anilines is 2. The Morgan fingerprint density at radius 2 is 1.85 bits per heavy atom. The predicted octanol–water partition coefficient (Wildman–Crippen LogP) is 3.01. The van der Waals surface area contributed by atoms with E-state index in [4.69, 9.17) is 5.73 Å². The van der Waals surface area contributed by atoms with E-state index in [2.05, 4.69) is 26.6 Å². The van der Waals surface area contributed by atoms with Crippen LogP contribution in [0.25, 0.3) is 11.4 Å². The summed E-state index contributed by atoms with van der Waals surface area (Å²) in [6.07, 6.45) is 5.86. The van der Waals surface area contributed by atoms with Gasteiger partial charge in [-0.05, 0) is 31.0 Å². The van der Waals surface area contributed by atoms with Gasteiger partial charge in [-0.25, -0.2) is 9.78 Å². The molecule has 4 rings (SSSR count). The maximum Gasteiger partial charge on any atom is 0.407 e. The van der Waals surface area contributed by atoms with Crippen molar-refractivity contribution >= 4 is 17.5 Å². The van der Waals surface area contributed by atoms with E-state index in [1.54, 1.807) is 6.20 Å². The van der Waals surface area contributed by atoms with Crippen molar-refractivity contribution < 1.29 is 9.90 Å². The number of nitrogens with two attached hydrogens (primary N) is 1. The zero-order valence-electron chi connectivity index (χ0n) is 14.9. The highest BCUT2D eigenvalue weighted by atomic mass is 16.4. The number of fused-ring (bicyclic) bond motifs is 1. The van der Waals surface area contributed by atoms with Crippen LogP contribution in [-0.2, 0) is 13.1 Å². The molecule has 1 aromatic heterocycles. The second kappa shape index (κ2) is 6.90. The number of hydrogen-bond donors (Lipinski definition) is 2. The van der Waals surface area contributed by atoms with Gasteiger partial charge in [0.2, 0.25) is 0 Å². The van der Waals surface area contributed by atoms with E-state index in [1.165, 1.54) is 30.6 Å². The highest BCUT2D eigenvalue weighted by molar-refractivity contribution is 5.78. The number of imidazole rings is 1. The Hall–Kier alpha value is -2.70. The van der Waals surface area contributed by atoms with Crippen LogP contribution in [0.5, 0.6) is 0 Å². The molecule has 0 radical (unpaired) electrons. The van der Waals surface area contributed by atoms with Crippen molar-refractivity contribution in [2.45, 2.75) is 38.8 Å². The standard InChI is InChI=1S/C19H25N5O2/c20-14-5-6-16(17(11-14)22-7-3-1-2-4-8-22)18-21-12-15-13-23(19(25)26)9-10-24(15)18/h5-6,11-12H,1-4,7-10,13,20H2,(H,25,26). The van der Waals surface area contributed by atoms with Crippen LogP contribution in [0.15, 0.2) is 24.4 Å². The van der Waals surface area contributed by atoms with E-state index in [-0.39, 0.29) is 0 Å². The minimum absolute atomic E-state index is 0.385. The number of carbonyl (C=O) groups is 1. The first-order chi connectivity index (χ1) is 12.6. The van der Waals surface area contributed by atoms with Crippen LogP contribution >= 0.6 is 0 Å². The summed E-state index contributed by atoms with van der Waals surface area (Å²) in [4.78, 5) is 19.7. The summed E-state index contributed by atoms with van der Waals surface area (Å²) in [5, 5.41) is 9.23. The van der Waals surface area contributed by atoms with Crippen LogP contribution in [-0.4, -0.2) is 45.3 Å². The molecule has 1 saturated heterocycles. The fraction of sp³-hybridized carbons (Fsp3) is 0.474. The maximum absolute atomic E-state index is 11.2. The molecule has 0 unspecified atom stereocenters. The Balaban J connectivity index is 1.72. The zero-order chi connectivity index (χ0) is 18.1. The highest BCUT2D eigenvalue weighted by Gasteiger charge is 2.25. The van der Waals surface area contributed by atoms with Crippen LogP contribution in [0.2, 0.25) is 0 Å². The molecule has 2 aromatic rings. The second-order valence-corrected chi connectivity index (χ2v) is 7.11. The van der Waals surface area contributed by atoms with E-state index < -0.39 is 6.09 Å². The number of nitrogen functional groups attached to an aromatic ring is 1. The Labute approximate surface area is 153 Å². The summed E-state index contributed by atoms with van der Waals surface area (Å²) in [5.41, 5.74) is 10.0. The minimum atomic E-state index is -0.878. The van der Waals surface area contributed by atoms with Crippen LogP contribution in [0.1, 0.15) is 31.4 Å². The lowest BCUT2D eigenvalue weighted by atomic mass is 10.1. The molecule has 1 amide bonds. The van der Waals surface area contributed by atoms with Gasteiger partial charge in [0.25, 0.3) is 0 Å². The van der Waals surface area contributed by atoms with E-state index in [0.717, 1.165) is 41.5 Å². The summed E-state index contributed by atoms with van der Waals surface area (Å²) < 4.78 is 2.15. The minimum Gasteiger partial charge on any atom is -0.465 e. The first-order valence-electron chi connectivity index (χ1n) is 9.30. The van der Waals surface area contributed by atoms with E-state index in [9.17, 15) is 9.90 Å². The number of benzene rings is 1. The van der Waals surface area contributed by atoms with Crippen LogP contribution in [0.3, 0.4) is 0 Å². The highest BCUT2D eigenvalue weighted by Crippen LogP contribution is 2.34. The molecule has 7 nitrogen and oxygen atoms in total. The van der Waals surface area contributed by atoms with Crippen LogP contribution in [0.4, 0.5) is 16.2 Å². The summed E-state index contributed by atoms with van der Waals surface area (Å²) in [6.45, 7) is 3.57. The smallest absolute Gasteiger partial charge is 0.407 e. The monoisotopic (exact) mass is 355 g/mol. The number of rotatable bonds is 2. The first kappa shape index (κ1) is 16.8. The van der Waals surface area contributed by atoms with E-state index >= 15 is 0 Å². The van der Waals surface area contributed by atoms with E-state index in [0.29, 0.717) is 19.6 Å². The molecule has 138 valence electrons. The summed E-state index contributed by atoms with van der Waals surface area (Å²) >= 11 is 0. The molecule has 0 bridgehead atoms. The van der Waals surface area contributed by atoms with Crippen molar-refractivity contribution in [2.75, 3.05) is 30.3 Å². The lowest BCUT2D eigenvalue weighted by molar-refractivity contribution is 0.133. The first-order valence-corrected chi connectivity index (χ1v) is 9.30. The van der Waals surface area contributed by atoms with Gasteiger partial charge in [0, 0.05) is 43.1 Å². The Kier molecular flexibility index (Phi) is 4.44. The van der Waals surface area contributed by atoms with Crippen molar-refractivity contribution in [1.82, 2.24) is 14.5 Å². The van der Waals surface area contributed by atoms with Crippen molar-refractivity contribution in [3.63, 3.8) is 0 Å². The number of aromatic nitrogens is 2. The zero-order valence-corrected chi connectivity index (χ0v) is 14.9. The summed E-state index contributed by atoms with van der Waals surface area (Å²) in [7, 11) is 0. The largest absolute Gasteiger partial charge is 0.465 e. The van der Waals surface area contributed by atoms with Gasteiger partial charge < -0.3 is 25.2 Å². The molecule has 2 aliphatic rings. The van der Waals surface area contributed by atoms with Gasteiger partial charge >= 0.3 is 6.09 Å². The van der Waals surface area contributed by atoms with Crippen molar-refractivity contribution in [2.24, 2.45) is 0 Å². The van der Waals surface area contributed by atoms with Gasteiger partial charge in [0.15, 0.2) is 0 Å².